The lowest BCUT2D eigenvalue weighted by molar-refractivity contribution is -0.132. The van der Waals surface area contributed by atoms with Crippen LogP contribution in [0.4, 0.5) is 4.39 Å². The lowest BCUT2D eigenvalue weighted by Gasteiger charge is -2.28. The molecule has 2 fully saturated rings. The number of benzene rings is 1. The van der Waals surface area contributed by atoms with Gasteiger partial charge in [0, 0.05) is 35.6 Å². The molecule has 12 nitrogen and oxygen atoms in total. The Kier molecular flexibility index (Phi) is 11.0. The van der Waals surface area contributed by atoms with E-state index in [1.165, 1.54) is 24.5 Å². The Morgan fingerprint density at radius 2 is 1.94 bits per heavy atom. The van der Waals surface area contributed by atoms with E-state index in [0.717, 1.165) is 31.4 Å². The van der Waals surface area contributed by atoms with Crippen LogP contribution in [0.2, 0.25) is 0 Å². The van der Waals surface area contributed by atoms with E-state index in [1.807, 2.05) is 31.4 Å². The van der Waals surface area contributed by atoms with Gasteiger partial charge < -0.3 is 20.1 Å². The number of hydrogen-bond acceptors (Lipinski definition) is 10. The van der Waals surface area contributed by atoms with Crippen LogP contribution in [0.3, 0.4) is 0 Å². The highest BCUT2D eigenvalue weighted by Gasteiger charge is 2.61. The monoisotopic (exact) mass is 741 g/mol. The number of nitrogens with zero attached hydrogens (tertiary/aromatic N) is 2. The average Bonchev–Trinajstić information content (AvgIpc) is 3.51. The molecule has 1 aromatic carbocycles. The Morgan fingerprint density at radius 1 is 1.14 bits per heavy atom. The zero-order valence-electron chi connectivity index (χ0n) is 29.0. The first kappa shape index (κ1) is 36.7. The van der Waals surface area contributed by atoms with E-state index in [0.29, 0.717) is 41.1 Å². The Morgan fingerprint density at radius 3 is 2.65 bits per heavy atom. The summed E-state index contributed by atoms with van der Waals surface area (Å²) in [5, 5.41) is 7.88. The summed E-state index contributed by atoms with van der Waals surface area (Å²) in [6, 6.07) is 3.69. The maximum Gasteiger partial charge on any atom is 0.259 e. The highest BCUT2D eigenvalue weighted by atomic mass is 32.2. The van der Waals surface area contributed by atoms with Gasteiger partial charge in [0.25, 0.3) is 5.91 Å². The lowest BCUT2D eigenvalue weighted by atomic mass is 10.0. The van der Waals surface area contributed by atoms with Crippen molar-refractivity contribution < 1.29 is 36.7 Å². The maximum absolute atomic E-state index is 15.5. The molecule has 3 atom stereocenters. The Balaban J connectivity index is 1.25. The summed E-state index contributed by atoms with van der Waals surface area (Å²) in [6.07, 6.45) is 9.06. The molecule has 0 radical (unpaired) electrons. The van der Waals surface area contributed by atoms with Gasteiger partial charge in [-0.1, -0.05) is 38.8 Å². The number of pyridine rings is 1. The van der Waals surface area contributed by atoms with E-state index < -0.39 is 50.4 Å². The van der Waals surface area contributed by atoms with E-state index in [2.05, 4.69) is 25.3 Å². The lowest BCUT2D eigenvalue weighted by Crippen LogP contribution is -2.58. The molecule has 3 N–H and O–H groups in total. The molecule has 6 rings (SSSR count). The van der Waals surface area contributed by atoms with Crippen LogP contribution in [0.25, 0.3) is 21.6 Å². The summed E-state index contributed by atoms with van der Waals surface area (Å²) in [5.41, 5.74) is -0.150. The molecule has 51 heavy (non-hydrogen) atoms. The first-order chi connectivity index (χ1) is 24.4. The molecule has 3 amide bonds. The minimum Gasteiger partial charge on any atom is -0.494 e. The number of halogens is 1. The van der Waals surface area contributed by atoms with Crippen LogP contribution in [0.5, 0.6) is 11.5 Å². The van der Waals surface area contributed by atoms with Crippen molar-refractivity contribution in [1.82, 2.24) is 25.3 Å². The molecule has 0 unspecified atom stereocenters. The molecule has 3 aromatic rings. The molecular weight excluding hydrogens is 698 g/mol. The summed E-state index contributed by atoms with van der Waals surface area (Å²) >= 11 is 1.38. The number of carbonyl (C=O) groups excluding carboxylic acids is 3. The molecule has 1 aliphatic heterocycles. The van der Waals surface area contributed by atoms with Crippen molar-refractivity contribution in [1.29, 1.82) is 0 Å². The standard InChI is InChI=1S/C36H44FN5O7S2/c1-21(2)27-20-50-34(40-27)26-18-29(24-14-15-28(48-3)31(37)32(24)39-26)49-17-16-25-33(44)41-36(35(45)42-51(46,47)23-11-9-12-23)19-22(36)10-7-5-4-6-8-13-30(43)38-25/h7,10,14-15,18,20-23,25H,4-6,8-9,11-13,16-17,19H2,1-3H3,(H,38,43)(H,41,44)(H,42,45)/t22-,25+,36-/m1/s1. The largest absolute Gasteiger partial charge is 0.494 e. The van der Waals surface area contributed by atoms with E-state index in [4.69, 9.17) is 9.47 Å². The summed E-state index contributed by atoms with van der Waals surface area (Å²) in [5.74, 6) is -2.28. The SMILES string of the molecule is COc1ccc2c(OCC[C@@H]3NC(=O)CCCCCC=C[C@@H]4C[C@@]4(C(=O)NS(=O)(=O)C4CCC4)NC3=O)cc(-c3nc(C(C)C)cs3)nc2c1F. The quantitative estimate of drug-likeness (QED) is 0.235. The number of amides is 3. The van der Waals surface area contributed by atoms with Gasteiger partial charge >= 0.3 is 0 Å². The fraction of sp³-hybridized carbons (Fsp3) is 0.528. The van der Waals surface area contributed by atoms with Crippen molar-refractivity contribution in [2.45, 2.75) is 101 Å². The summed E-state index contributed by atoms with van der Waals surface area (Å²) in [7, 11) is -2.52. The third-order valence-electron chi connectivity index (χ3n) is 9.85. The minimum absolute atomic E-state index is 0.00267. The summed E-state index contributed by atoms with van der Waals surface area (Å²) < 4.78 is 54.9. The van der Waals surface area contributed by atoms with Gasteiger partial charge in [-0.2, -0.15) is 0 Å². The second-order valence-electron chi connectivity index (χ2n) is 13.8. The third kappa shape index (κ3) is 8.03. The molecule has 0 bridgehead atoms. The van der Waals surface area contributed by atoms with E-state index in [9.17, 15) is 22.8 Å². The average molecular weight is 742 g/mol. The molecule has 274 valence electrons. The van der Waals surface area contributed by atoms with Crippen LogP contribution in [0.15, 0.2) is 35.7 Å². The first-order valence-corrected chi connectivity index (χ1v) is 19.9. The van der Waals surface area contributed by atoms with Crippen molar-refractivity contribution in [3.05, 3.63) is 47.2 Å². The van der Waals surface area contributed by atoms with Crippen LogP contribution >= 0.6 is 11.3 Å². The van der Waals surface area contributed by atoms with Crippen molar-refractivity contribution >= 4 is 50.0 Å². The van der Waals surface area contributed by atoms with Crippen molar-refractivity contribution in [2.24, 2.45) is 5.92 Å². The number of hydrogen-bond donors (Lipinski definition) is 3. The number of nitrogens with one attached hydrogen (secondary N) is 3. The van der Waals surface area contributed by atoms with Crippen molar-refractivity contribution in [2.75, 3.05) is 13.7 Å². The number of ether oxygens (including phenoxy) is 2. The molecule has 0 spiro atoms. The van der Waals surface area contributed by atoms with Gasteiger partial charge in [-0.25, -0.2) is 22.8 Å². The highest BCUT2D eigenvalue weighted by molar-refractivity contribution is 7.90. The predicted octanol–water partition coefficient (Wildman–Crippen LogP) is 5.28. The molecule has 2 aliphatic carbocycles. The second kappa shape index (κ2) is 15.2. The van der Waals surface area contributed by atoms with E-state index in [1.54, 1.807) is 12.1 Å². The first-order valence-electron chi connectivity index (χ1n) is 17.5. The second-order valence-corrected chi connectivity index (χ2v) is 16.6. The zero-order chi connectivity index (χ0) is 36.3. The number of rotatable bonds is 10. The Hall–Kier alpha value is -4.11. The Labute approximate surface area is 301 Å². The number of fused-ring (bicyclic) bond motifs is 2. The van der Waals surface area contributed by atoms with Gasteiger partial charge in [0.2, 0.25) is 21.8 Å². The van der Waals surface area contributed by atoms with Crippen molar-refractivity contribution in [3.63, 3.8) is 0 Å². The van der Waals surface area contributed by atoms with Gasteiger partial charge in [0.1, 0.15) is 33.5 Å². The number of methoxy groups -OCH3 is 1. The molecule has 0 saturated heterocycles. The van der Waals surface area contributed by atoms with Crippen LogP contribution < -0.4 is 24.8 Å². The smallest absolute Gasteiger partial charge is 0.259 e. The molecule has 15 heteroatoms. The van der Waals surface area contributed by atoms with Gasteiger partial charge in [0.15, 0.2) is 11.6 Å². The van der Waals surface area contributed by atoms with Gasteiger partial charge in [0.05, 0.1) is 24.7 Å². The number of sulfonamides is 1. The molecule has 3 aliphatic rings. The minimum atomic E-state index is -3.89. The number of thiazole rings is 1. The highest BCUT2D eigenvalue weighted by Crippen LogP contribution is 2.46. The summed E-state index contributed by atoms with van der Waals surface area (Å²) in [6.45, 7) is 3.98. The topological polar surface area (TPSA) is 166 Å². The third-order valence-corrected chi connectivity index (χ3v) is 12.6. The maximum atomic E-state index is 15.5. The van der Waals surface area contributed by atoms with Gasteiger partial charge in [-0.05, 0) is 56.6 Å². The number of carbonyl (C=O) groups is 3. The number of aromatic nitrogens is 2. The molecular formula is C36H44FN5O7S2. The summed E-state index contributed by atoms with van der Waals surface area (Å²) in [4.78, 5) is 49.7. The van der Waals surface area contributed by atoms with E-state index in [-0.39, 0.29) is 49.0 Å². The van der Waals surface area contributed by atoms with Gasteiger partial charge in [-0.3, -0.25) is 19.1 Å². The zero-order valence-corrected chi connectivity index (χ0v) is 30.6. The van der Waals surface area contributed by atoms with Crippen LogP contribution in [-0.4, -0.2) is 66.7 Å². The van der Waals surface area contributed by atoms with Crippen LogP contribution in [-0.2, 0) is 24.4 Å². The molecule has 3 heterocycles. The van der Waals surface area contributed by atoms with Crippen molar-refractivity contribution in [3.8, 4) is 22.2 Å². The number of allylic oxidation sites excluding steroid dienone is 1. The molecule has 2 aromatic heterocycles. The normalized spacial score (nSPS) is 23.1. The van der Waals surface area contributed by atoms with Crippen LogP contribution in [0.1, 0.15) is 89.7 Å². The predicted molar refractivity (Wildman–Crippen MR) is 191 cm³/mol. The molecule has 2 saturated carbocycles. The Bertz CT molecular complexity index is 1940. The van der Waals surface area contributed by atoms with Gasteiger partial charge in [-0.15, -0.1) is 11.3 Å². The van der Waals surface area contributed by atoms with E-state index >= 15 is 4.39 Å². The van der Waals surface area contributed by atoms with Crippen LogP contribution in [0, 0.1) is 11.7 Å². The fourth-order valence-electron chi connectivity index (χ4n) is 6.34. The fourth-order valence-corrected chi connectivity index (χ4v) is 8.85.